The first-order chi connectivity index (χ1) is 9.59. The highest BCUT2D eigenvalue weighted by atomic mass is 16.5. The lowest BCUT2D eigenvalue weighted by Crippen LogP contribution is -2.50. The number of hydrogen-bond donors (Lipinski definition) is 2. The van der Waals surface area contributed by atoms with E-state index in [-0.39, 0.29) is 17.4 Å². The third-order valence-electron chi connectivity index (χ3n) is 4.30. The number of amides is 1. The van der Waals surface area contributed by atoms with Gasteiger partial charge in [-0.15, -0.1) is 0 Å². The smallest absolute Gasteiger partial charge is 0.227 e. The van der Waals surface area contributed by atoms with Crippen molar-refractivity contribution in [3.8, 4) is 5.75 Å². The van der Waals surface area contributed by atoms with Gasteiger partial charge in [-0.2, -0.15) is 0 Å². The first-order valence-corrected chi connectivity index (χ1v) is 7.38. The number of rotatable bonds is 5. The molecule has 1 unspecified atom stereocenters. The summed E-state index contributed by atoms with van der Waals surface area (Å²) in [7, 11) is 0. The lowest BCUT2D eigenvalue weighted by molar-refractivity contribution is -0.123. The second kappa shape index (κ2) is 6.27. The summed E-state index contributed by atoms with van der Waals surface area (Å²) < 4.78 is 5.59. The predicted molar refractivity (Wildman–Crippen MR) is 79.8 cm³/mol. The average molecular weight is 276 g/mol. The van der Waals surface area contributed by atoms with Crippen LogP contribution in [0.5, 0.6) is 5.75 Å². The van der Waals surface area contributed by atoms with Gasteiger partial charge >= 0.3 is 0 Å². The summed E-state index contributed by atoms with van der Waals surface area (Å²) in [6.45, 7) is 5.22. The maximum absolute atomic E-state index is 12.4. The van der Waals surface area contributed by atoms with E-state index in [2.05, 4.69) is 19.2 Å². The molecule has 2 rings (SSSR count). The number of ether oxygens (including phenoxy) is 1. The van der Waals surface area contributed by atoms with Gasteiger partial charge in [0.2, 0.25) is 5.91 Å². The van der Waals surface area contributed by atoms with Crippen molar-refractivity contribution in [1.29, 1.82) is 0 Å². The van der Waals surface area contributed by atoms with E-state index in [0.29, 0.717) is 13.2 Å². The summed E-state index contributed by atoms with van der Waals surface area (Å²) in [4.78, 5) is 12.4. The van der Waals surface area contributed by atoms with E-state index in [0.717, 1.165) is 30.6 Å². The molecule has 4 nitrogen and oxygen atoms in total. The van der Waals surface area contributed by atoms with E-state index >= 15 is 0 Å². The topological polar surface area (TPSA) is 64.3 Å². The van der Waals surface area contributed by atoms with Gasteiger partial charge in [0.15, 0.2) is 0 Å². The number of benzene rings is 1. The maximum atomic E-state index is 12.4. The van der Waals surface area contributed by atoms with E-state index in [1.165, 1.54) is 0 Å². The van der Waals surface area contributed by atoms with Gasteiger partial charge in [0, 0.05) is 17.6 Å². The number of fused-ring (bicyclic) bond motifs is 1. The van der Waals surface area contributed by atoms with Crippen molar-refractivity contribution in [2.45, 2.75) is 44.6 Å². The van der Waals surface area contributed by atoms with Crippen LogP contribution in [0.4, 0.5) is 0 Å². The molecule has 4 heteroatoms. The van der Waals surface area contributed by atoms with Crippen LogP contribution in [0.2, 0.25) is 0 Å². The Hall–Kier alpha value is -1.55. The summed E-state index contributed by atoms with van der Waals surface area (Å²) in [6, 6.07) is 7.76. The molecule has 1 amide bonds. The number of para-hydroxylation sites is 1. The standard InChI is InChI=1S/C16H24N2O2/c1-3-16(17,4-2)11-18-15(19)13-9-10-20-14-8-6-5-7-12(13)14/h5-8,13H,3-4,9-11,17H2,1-2H3,(H,18,19). The Morgan fingerprint density at radius 1 is 1.40 bits per heavy atom. The first kappa shape index (κ1) is 14.9. The molecular weight excluding hydrogens is 252 g/mol. The summed E-state index contributed by atoms with van der Waals surface area (Å²) in [5.74, 6) is 0.749. The van der Waals surface area contributed by atoms with Gasteiger partial charge < -0.3 is 15.8 Å². The Morgan fingerprint density at radius 2 is 2.10 bits per heavy atom. The summed E-state index contributed by atoms with van der Waals surface area (Å²) in [5.41, 5.74) is 6.90. The van der Waals surface area contributed by atoms with Crippen LogP contribution in [-0.4, -0.2) is 24.6 Å². The molecule has 1 heterocycles. The van der Waals surface area contributed by atoms with Crippen molar-refractivity contribution in [3.63, 3.8) is 0 Å². The molecule has 3 N–H and O–H groups in total. The van der Waals surface area contributed by atoms with Crippen molar-refractivity contribution >= 4 is 5.91 Å². The number of carbonyl (C=O) groups excluding carboxylic acids is 1. The first-order valence-electron chi connectivity index (χ1n) is 7.38. The zero-order valence-corrected chi connectivity index (χ0v) is 12.3. The summed E-state index contributed by atoms with van der Waals surface area (Å²) >= 11 is 0. The van der Waals surface area contributed by atoms with Crippen LogP contribution in [0.25, 0.3) is 0 Å². The van der Waals surface area contributed by atoms with E-state index in [1.807, 2.05) is 24.3 Å². The highest BCUT2D eigenvalue weighted by molar-refractivity contribution is 5.84. The Morgan fingerprint density at radius 3 is 2.80 bits per heavy atom. The monoisotopic (exact) mass is 276 g/mol. The lowest BCUT2D eigenvalue weighted by Gasteiger charge is -2.29. The van der Waals surface area contributed by atoms with Gasteiger partial charge in [-0.3, -0.25) is 4.79 Å². The molecule has 1 aromatic rings. The minimum Gasteiger partial charge on any atom is -0.493 e. The predicted octanol–water partition coefficient (Wildman–Crippen LogP) is 2.19. The average Bonchev–Trinajstić information content (AvgIpc) is 2.51. The van der Waals surface area contributed by atoms with E-state index < -0.39 is 0 Å². The van der Waals surface area contributed by atoms with E-state index in [9.17, 15) is 4.79 Å². The normalized spacial score (nSPS) is 18.1. The van der Waals surface area contributed by atoms with Crippen molar-refractivity contribution < 1.29 is 9.53 Å². The molecule has 0 aromatic heterocycles. The van der Waals surface area contributed by atoms with Crippen LogP contribution in [0.3, 0.4) is 0 Å². The van der Waals surface area contributed by atoms with Crippen LogP contribution in [0.1, 0.15) is 44.6 Å². The van der Waals surface area contributed by atoms with E-state index in [1.54, 1.807) is 0 Å². The van der Waals surface area contributed by atoms with Gasteiger partial charge in [0.05, 0.1) is 12.5 Å². The molecule has 1 aromatic carbocycles. The quantitative estimate of drug-likeness (QED) is 0.866. The minimum atomic E-state index is -0.305. The van der Waals surface area contributed by atoms with Crippen molar-refractivity contribution in [3.05, 3.63) is 29.8 Å². The highest BCUT2D eigenvalue weighted by Crippen LogP contribution is 2.33. The van der Waals surface area contributed by atoms with Gasteiger partial charge in [-0.05, 0) is 25.3 Å². The third kappa shape index (κ3) is 3.12. The van der Waals surface area contributed by atoms with Crippen LogP contribution < -0.4 is 15.8 Å². The zero-order chi connectivity index (χ0) is 14.6. The Bertz CT molecular complexity index is 469. The summed E-state index contributed by atoms with van der Waals surface area (Å²) in [6.07, 6.45) is 2.43. The Labute approximate surface area is 120 Å². The molecule has 0 radical (unpaired) electrons. The minimum absolute atomic E-state index is 0.0532. The molecule has 110 valence electrons. The Balaban J connectivity index is 2.04. The van der Waals surface area contributed by atoms with Crippen LogP contribution in [-0.2, 0) is 4.79 Å². The maximum Gasteiger partial charge on any atom is 0.227 e. The van der Waals surface area contributed by atoms with Crippen LogP contribution >= 0.6 is 0 Å². The van der Waals surface area contributed by atoms with Crippen LogP contribution in [0, 0.1) is 0 Å². The molecule has 1 aliphatic rings. The number of carbonyl (C=O) groups is 1. The molecule has 20 heavy (non-hydrogen) atoms. The fourth-order valence-corrected chi connectivity index (χ4v) is 2.50. The fourth-order valence-electron chi connectivity index (χ4n) is 2.50. The third-order valence-corrected chi connectivity index (χ3v) is 4.30. The second-order valence-electron chi connectivity index (χ2n) is 5.51. The fraction of sp³-hybridized carbons (Fsp3) is 0.562. The number of hydrogen-bond acceptors (Lipinski definition) is 3. The van der Waals surface area contributed by atoms with E-state index in [4.69, 9.17) is 10.5 Å². The summed E-state index contributed by atoms with van der Waals surface area (Å²) in [5, 5.41) is 3.02. The van der Waals surface area contributed by atoms with Gasteiger partial charge in [0.25, 0.3) is 0 Å². The molecule has 0 saturated carbocycles. The molecular formula is C16H24N2O2. The molecule has 1 aliphatic heterocycles. The van der Waals surface area contributed by atoms with Gasteiger partial charge in [-0.1, -0.05) is 32.0 Å². The van der Waals surface area contributed by atoms with Crippen molar-refractivity contribution in [2.24, 2.45) is 5.73 Å². The number of nitrogens with two attached hydrogens (primary N) is 1. The second-order valence-corrected chi connectivity index (χ2v) is 5.51. The van der Waals surface area contributed by atoms with Crippen molar-refractivity contribution in [1.82, 2.24) is 5.32 Å². The molecule has 0 aliphatic carbocycles. The van der Waals surface area contributed by atoms with Crippen molar-refractivity contribution in [2.75, 3.05) is 13.2 Å². The highest BCUT2D eigenvalue weighted by Gasteiger charge is 2.29. The number of nitrogens with one attached hydrogen (secondary N) is 1. The largest absolute Gasteiger partial charge is 0.493 e. The Kier molecular flexibility index (Phi) is 4.65. The molecule has 0 fully saturated rings. The van der Waals surface area contributed by atoms with Gasteiger partial charge in [-0.25, -0.2) is 0 Å². The van der Waals surface area contributed by atoms with Gasteiger partial charge in [0.1, 0.15) is 5.75 Å². The van der Waals surface area contributed by atoms with Crippen LogP contribution in [0.15, 0.2) is 24.3 Å². The zero-order valence-electron chi connectivity index (χ0n) is 12.3. The molecule has 0 bridgehead atoms. The lowest BCUT2D eigenvalue weighted by atomic mass is 9.90. The molecule has 1 atom stereocenters. The molecule has 0 saturated heterocycles. The molecule has 0 spiro atoms. The SMILES string of the molecule is CCC(N)(CC)CNC(=O)C1CCOc2ccccc21.